The first-order valence-corrected chi connectivity index (χ1v) is 10.6. The van der Waals surface area contributed by atoms with E-state index in [9.17, 15) is 14.4 Å². The Hall–Kier alpha value is -3.39. The lowest BCUT2D eigenvalue weighted by Crippen LogP contribution is -2.50. The van der Waals surface area contributed by atoms with Crippen molar-refractivity contribution in [3.8, 4) is 0 Å². The average Bonchev–Trinajstić information content (AvgIpc) is 2.74. The van der Waals surface area contributed by atoms with Crippen LogP contribution in [0.2, 0.25) is 0 Å². The van der Waals surface area contributed by atoms with E-state index in [1.807, 2.05) is 30.3 Å². The maximum atomic E-state index is 12.8. The van der Waals surface area contributed by atoms with Crippen molar-refractivity contribution in [2.24, 2.45) is 0 Å². The zero-order valence-corrected chi connectivity index (χ0v) is 19.4. The molecule has 0 fully saturated rings. The Kier molecular flexibility index (Phi) is 9.42. The van der Waals surface area contributed by atoms with E-state index in [2.05, 4.69) is 5.32 Å². The van der Waals surface area contributed by atoms with Gasteiger partial charge in [0.15, 0.2) is 6.04 Å². The Morgan fingerprint density at radius 2 is 1.48 bits per heavy atom. The number of alkyl carbamates (subject to hydrolysis) is 1. The summed E-state index contributed by atoms with van der Waals surface area (Å²) in [5.41, 5.74) is 1.52. The molecule has 0 heterocycles. The largest absolute Gasteiger partial charge is 0.481 e. The molecule has 8 heteroatoms. The number of carboxylic acid groups (broad SMARTS) is 1. The second kappa shape index (κ2) is 12.0. The zero-order valence-electron chi connectivity index (χ0n) is 19.4. The third-order valence-electron chi connectivity index (χ3n) is 4.51. The molecule has 2 unspecified atom stereocenters. The fourth-order valence-corrected chi connectivity index (χ4v) is 2.87. The van der Waals surface area contributed by atoms with Gasteiger partial charge in [-0.1, -0.05) is 54.6 Å². The average molecular weight is 458 g/mol. The molecule has 8 nitrogen and oxygen atoms in total. The van der Waals surface area contributed by atoms with E-state index < -0.39 is 35.8 Å². The number of nitrogens with one attached hydrogen (secondary N) is 1. The molecule has 0 bridgehead atoms. The fourth-order valence-electron chi connectivity index (χ4n) is 2.87. The molecule has 0 aliphatic rings. The lowest BCUT2D eigenvalue weighted by atomic mass is 10.1. The highest BCUT2D eigenvalue weighted by atomic mass is 16.6. The van der Waals surface area contributed by atoms with Crippen LogP contribution in [0.5, 0.6) is 0 Å². The molecule has 2 N–H and O–H groups in total. The summed E-state index contributed by atoms with van der Waals surface area (Å²) in [6.07, 6.45) is -1.53. The molecule has 0 saturated carbocycles. The van der Waals surface area contributed by atoms with Crippen LogP contribution < -0.4 is 5.32 Å². The van der Waals surface area contributed by atoms with Crippen molar-refractivity contribution in [1.29, 1.82) is 0 Å². The van der Waals surface area contributed by atoms with E-state index in [0.29, 0.717) is 11.1 Å². The molecular weight excluding hydrogens is 426 g/mol. The van der Waals surface area contributed by atoms with Crippen LogP contribution in [-0.4, -0.2) is 40.9 Å². The summed E-state index contributed by atoms with van der Waals surface area (Å²) in [4.78, 5) is 35.9. The summed E-state index contributed by atoms with van der Waals surface area (Å²) < 4.78 is 16.5. The van der Waals surface area contributed by atoms with Crippen LogP contribution in [0.1, 0.15) is 44.4 Å². The van der Waals surface area contributed by atoms with Crippen molar-refractivity contribution in [3.63, 3.8) is 0 Å². The minimum Gasteiger partial charge on any atom is -0.481 e. The predicted octanol–water partition coefficient (Wildman–Crippen LogP) is 3.86. The standard InChI is InChI=1S/C25H31NO7/c1-17(31-15-19-8-6-5-7-9-19)22(26-24(30)33-25(2,3)4)23(29)32-16-20-12-10-18(11-13-20)14-21(27)28/h5-13,17,22H,14-16H2,1-4H3,(H,26,30)(H,27,28). The van der Waals surface area contributed by atoms with Crippen molar-refractivity contribution in [3.05, 3.63) is 71.3 Å². The molecular formula is C25H31NO7. The first-order chi connectivity index (χ1) is 15.5. The molecule has 0 spiro atoms. The summed E-state index contributed by atoms with van der Waals surface area (Å²) in [7, 11) is 0. The van der Waals surface area contributed by atoms with Gasteiger partial charge in [0.05, 0.1) is 19.1 Å². The molecule has 33 heavy (non-hydrogen) atoms. The van der Waals surface area contributed by atoms with E-state index in [1.165, 1.54) is 0 Å². The molecule has 0 aliphatic heterocycles. The molecule has 0 aromatic heterocycles. The Labute approximate surface area is 193 Å². The van der Waals surface area contributed by atoms with Crippen molar-refractivity contribution in [2.75, 3.05) is 0 Å². The maximum absolute atomic E-state index is 12.8. The second-order valence-electron chi connectivity index (χ2n) is 8.62. The van der Waals surface area contributed by atoms with Crippen LogP contribution in [0.3, 0.4) is 0 Å². The normalized spacial score (nSPS) is 13.0. The monoisotopic (exact) mass is 457 g/mol. The van der Waals surface area contributed by atoms with Gasteiger partial charge in [-0.15, -0.1) is 0 Å². The van der Waals surface area contributed by atoms with Gasteiger partial charge in [-0.2, -0.15) is 0 Å². The lowest BCUT2D eigenvalue weighted by Gasteiger charge is -2.26. The van der Waals surface area contributed by atoms with Crippen LogP contribution >= 0.6 is 0 Å². The minimum atomic E-state index is -1.09. The minimum absolute atomic E-state index is 0.0376. The summed E-state index contributed by atoms with van der Waals surface area (Å²) in [5.74, 6) is -1.59. The first kappa shape index (κ1) is 25.9. The third kappa shape index (κ3) is 9.74. The summed E-state index contributed by atoms with van der Waals surface area (Å²) in [6.45, 7) is 7.07. The number of esters is 1. The van der Waals surface area contributed by atoms with Crippen LogP contribution in [0.15, 0.2) is 54.6 Å². The predicted molar refractivity (Wildman–Crippen MR) is 121 cm³/mol. The summed E-state index contributed by atoms with van der Waals surface area (Å²) >= 11 is 0. The van der Waals surface area contributed by atoms with Gasteiger partial charge >= 0.3 is 18.0 Å². The van der Waals surface area contributed by atoms with Crippen LogP contribution in [-0.2, 0) is 43.4 Å². The number of carboxylic acids is 1. The van der Waals surface area contributed by atoms with Gasteiger partial charge in [-0.25, -0.2) is 9.59 Å². The van der Waals surface area contributed by atoms with Crippen molar-refractivity contribution < 1.29 is 33.7 Å². The number of hydrogen-bond donors (Lipinski definition) is 2. The van der Waals surface area contributed by atoms with Gasteiger partial charge in [0.2, 0.25) is 0 Å². The highest BCUT2D eigenvalue weighted by Crippen LogP contribution is 2.12. The quantitative estimate of drug-likeness (QED) is 0.521. The number of rotatable bonds is 10. The highest BCUT2D eigenvalue weighted by molar-refractivity contribution is 5.82. The fraction of sp³-hybridized carbons (Fsp3) is 0.400. The van der Waals surface area contributed by atoms with Crippen LogP contribution in [0.4, 0.5) is 4.79 Å². The summed E-state index contributed by atoms with van der Waals surface area (Å²) in [5, 5.41) is 11.4. The van der Waals surface area contributed by atoms with E-state index in [0.717, 1.165) is 5.56 Å². The highest BCUT2D eigenvalue weighted by Gasteiger charge is 2.31. The second-order valence-corrected chi connectivity index (χ2v) is 8.62. The molecule has 1 amide bonds. The number of amides is 1. The van der Waals surface area contributed by atoms with Gasteiger partial charge in [0.25, 0.3) is 0 Å². The van der Waals surface area contributed by atoms with Gasteiger partial charge in [-0.05, 0) is 44.4 Å². The number of ether oxygens (including phenoxy) is 3. The first-order valence-electron chi connectivity index (χ1n) is 10.6. The maximum Gasteiger partial charge on any atom is 0.408 e. The Balaban J connectivity index is 2.02. The van der Waals surface area contributed by atoms with E-state index in [4.69, 9.17) is 19.3 Å². The van der Waals surface area contributed by atoms with E-state index in [-0.39, 0.29) is 19.6 Å². The number of hydrogen-bond acceptors (Lipinski definition) is 6. The van der Waals surface area contributed by atoms with E-state index in [1.54, 1.807) is 52.0 Å². The van der Waals surface area contributed by atoms with Gasteiger partial charge in [0.1, 0.15) is 12.2 Å². The third-order valence-corrected chi connectivity index (χ3v) is 4.51. The van der Waals surface area contributed by atoms with Gasteiger partial charge < -0.3 is 24.6 Å². The SMILES string of the molecule is CC(OCc1ccccc1)C(NC(=O)OC(C)(C)C)C(=O)OCc1ccc(CC(=O)O)cc1. The zero-order chi connectivity index (χ0) is 24.4. The van der Waals surface area contributed by atoms with Crippen molar-refractivity contribution in [2.45, 2.75) is 65.1 Å². The molecule has 0 aliphatic carbocycles. The molecule has 0 radical (unpaired) electrons. The van der Waals surface area contributed by atoms with Crippen LogP contribution in [0.25, 0.3) is 0 Å². The van der Waals surface area contributed by atoms with Gasteiger partial charge in [0, 0.05) is 0 Å². The number of carbonyl (C=O) groups is 3. The molecule has 2 rings (SSSR count). The lowest BCUT2D eigenvalue weighted by molar-refractivity contribution is -0.152. The molecule has 2 aromatic rings. The van der Waals surface area contributed by atoms with Crippen molar-refractivity contribution in [1.82, 2.24) is 5.32 Å². The number of benzene rings is 2. The Bertz CT molecular complexity index is 920. The smallest absolute Gasteiger partial charge is 0.408 e. The summed E-state index contributed by atoms with van der Waals surface area (Å²) in [6, 6.07) is 15.1. The molecule has 2 aromatic carbocycles. The topological polar surface area (TPSA) is 111 Å². The number of aliphatic carboxylic acids is 1. The van der Waals surface area contributed by atoms with Crippen LogP contribution in [0, 0.1) is 0 Å². The molecule has 2 atom stereocenters. The Morgan fingerprint density at radius 1 is 0.909 bits per heavy atom. The molecule has 0 saturated heterocycles. The number of carbonyl (C=O) groups excluding carboxylic acids is 2. The Morgan fingerprint density at radius 3 is 2.06 bits per heavy atom. The van der Waals surface area contributed by atoms with E-state index >= 15 is 0 Å². The van der Waals surface area contributed by atoms with Crippen molar-refractivity contribution >= 4 is 18.0 Å². The van der Waals surface area contributed by atoms with Gasteiger partial charge in [-0.3, -0.25) is 4.79 Å². The molecule has 178 valence electrons.